The van der Waals surface area contributed by atoms with Crippen molar-refractivity contribution in [3.05, 3.63) is 24.3 Å². The Morgan fingerprint density at radius 1 is 1.12 bits per heavy atom. The predicted molar refractivity (Wildman–Crippen MR) is 101 cm³/mol. The van der Waals surface area contributed by atoms with Crippen LogP contribution in [0.4, 0.5) is 16.2 Å². The summed E-state index contributed by atoms with van der Waals surface area (Å²) in [4.78, 5) is 28.1. The molecule has 2 fully saturated rings. The van der Waals surface area contributed by atoms with Crippen LogP contribution in [0.3, 0.4) is 0 Å². The fourth-order valence-electron chi connectivity index (χ4n) is 3.52. The highest BCUT2D eigenvalue weighted by molar-refractivity contribution is 5.92. The smallest absolute Gasteiger partial charge is 0.321 e. The summed E-state index contributed by atoms with van der Waals surface area (Å²) in [7, 11) is 0. The van der Waals surface area contributed by atoms with E-state index in [0.717, 1.165) is 26.1 Å². The van der Waals surface area contributed by atoms with Gasteiger partial charge in [0.2, 0.25) is 5.91 Å². The van der Waals surface area contributed by atoms with E-state index in [4.69, 9.17) is 4.74 Å². The molecule has 1 aromatic carbocycles. The molecule has 3 rings (SSSR count). The maximum absolute atomic E-state index is 12.7. The van der Waals surface area contributed by atoms with E-state index in [1.807, 2.05) is 17.0 Å². The molecule has 3 amide bonds. The Bertz CT molecular complexity index is 631. The Hall–Kier alpha value is -2.12. The second-order valence-corrected chi connectivity index (χ2v) is 6.99. The van der Waals surface area contributed by atoms with Gasteiger partial charge in [0, 0.05) is 44.5 Å². The molecule has 2 aliphatic rings. The minimum absolute atomic E-state index is 0.0621. The van der Waals surface area contributed by atoms with E-state index in [1.165, 1.54) is 19.8 Å². The number of anilines is 2. The first-order valence-electron chi connectivity index (χ1n) is 9.38. The molecule has 2 heterocycles. The molecule has 2 saturated heterocycles. The third-order valence-electron chi connectivity index (χ3n) is 4.73. The first-order valence-corrected chi connectivity index (χ1v) is 9.38. The fraction of sp³-hybridized carbons (Fsp3) is 0.579. The van der Waals surface area contributed by atoms with E-state index in [0.29, 0.717) is 31.1 Å². The van der Waals surface area contributed by atoms with Crippen molar-refractivity contribution >= 4 is 23.3 Å². The van der Waals surface area contributed by atoms with Crippen LogP contribution < -0.4 is 10.6 Å². The lowest BCUT2D eigenvalue weighted by molar-refractivity contribution is -0.114. The van der Waals surface area contributed by atoms with E-state index in [9.17, 15) is 9.59 Å². The van der Waals surface area contributed by atoms with Crippen molar-refractivity contribution in [1.82, 2.24) is 9.80 Å². The largest absolute Gasteiger partial charge is 0.375 e. The Morgan fingerprint density at radius 3 is 2.58 bits per heavy atom. The molecule has 1 atom stereocenters. The molecule has 7 heteroatoms. The molecule has 0 spiro atoms. The molecule has 26 heavy (non-hydrogen) atoms. The standard InChI is InChI=1S/C19H28N4O3/c1-15(24)20-16-6-4-7-17(12-16)21-19(25)23-10-5-11-26-18(14-23)13-22-8-2-3-9-22/h4,6-7,12,18H,2-3,5,8-11,13-14H2,1H3,(H,20,24)(H,21,25)/t18-/m1/s1. The molecular weight excluding hydrogens is 332 g/mol. The van der Waals surface area contributed by atoms with Crippen molar-refractivity contribution in [3.63, 3.8) is 0 Å². The molecule has 0 radical (unpaired) electrons. The van der Waals surface area contributed by atoms with Crippen LogP contribution in [0.2, 0.25) is 0 Å². The molecular formula is C19H28N4O3. The van der Waals surface area contributed by atoms with Gasteiger partial charge in [0.05, 0.1) is 6.10 Å². The number of nitrogens with zero attached hydrogens (tertiary/aromatic N) is 2. The summed E-state index contributed by atoms with van der Waals surface area (Å²) in [5.41, 5.74) is 1.34. The van der Waals surface area contributed by atoms with Gasteiger partial charge >= 0.3 is 6.03 Å². The summed E-state index contributed by atoms with van der Waals surface area (Å²) >= 11 is 0. The van der Waals surface area contributed by atoms with Crippen LogP contribution >= 0.6 is 0 Å². The monoisotopic (exact) mass is 360 g/mol. The molecule has 0 aromatic heterocycles. The Morgan fingerprint density at radius 2 is 1.85 bits per heavy atom. The number of hydrogen-bond donors (Lipinski definition) is 2. The summed E-state index contributed by atoms with van der Waals surface area (Å²) < 4.78 is 5.95. The Kier molecular flexibility index (Phi) is 6.46. The third-order valence-corrected chi connectivity index (χ3v) is 4.73. The summed E-state index contributed by atoms with van der Waals surface area (Å²) in [6.45, 7) is 6.59. The zero-order valence-electron chi connectivity index (χ0n) is 15.4. The van der Waals surface area contributed by atoms with Gasteiger partial charge in [0.1, 0.15) is 0 Å². The van der Waals surface area contributed by atoms with Crippen LogP contribution in [-0.2, 0) is 9.53 Å². The number of ether oxygens (including phenoxy) is 1. The zero-order valence-corrected chi connectivity index (χ0v) is 15.4. The number of amides is 3. The quantitative estimate of drug-likeness (QED) is 0.864. The zero-order chi connectivity index (χ0) is 18.4. The Balaban J connectivity index is 1.58. The van der Waals surface area contributed by atoms with Crippen LogP contribution in [0.15, 0.2) is 24.3 Å². The van der Waals surface area contributed by atoms with Crippen LogP contribution in [-0.4, -0.2) is 67.2 Å². The van der Waals surface area contributed by atoms with Crippen molar-refractivity contribution in [2.24, 2.45) is 0 Å². The van der Waals surface area contributed by atoms with Crippen molar-refractivity contribution in [1.29, 1.82) is 0 Å². The van der Waals surface area contributed by atoms with Gasteiger partial charge in [-0.05, 0) is 50.6 Å². The predicted octanol–water partition coefficient (Wildman–Crippen LogP) is 2.36. The summed E-state index contributed by atoms with van der Waals surface area (Å²) in [5, 5.41) is 5.66. The highest BCUT2D eigenvalue weighted by Crippen LogP contribution is 2.17. The van der Waals surface area contributed by atoms with Crippen molar-refractivity contribution in [2.75, 3.05) is 50.0 Å². The first-order chi connectivity index (χ1) is 12.6. The number of hydrogen-bond acceptors (Lipinski definition) is 4. The van der Waals surface area contributed by atoms with Crippen LogP contribution in [0.5, 0.6) is 0 Å². The molecule has 2 N–H and O–H groups in total. The van der Waals surface area contributed by atoms with Gasteiger partial charge in [-0.15, -0.1) is 0 Å². The number of carbonyl (C=O) groups is 2. The molecule has 0 aliphatic carbocycles. The Labute approximate surface area is 154 Å². The third kappa shape index (κ3) is 5.44. The van der Waals surface area contributed by atoms with Gasteiger partial charge in [0.15, 0.2) is 0 Å². The molecule has 142 valence electrons. The molecule has 0 bridgehead atoms. The lowest BCUT2D eigenvalue weighted by Gasteiger charge is -2.27. The average Bonchev–Trinajstić information content (AvgIpc) is 2.98. The highest BCUT2D eigenvalue weighted by Gasteiger charge is 2.25. The molecule has 0 unspecified atom stereocenters. The van der Waals surface area contributed by atoms with Crippen LogP contribution in [0, 0.1) is 0 Å². The van der Waals surface area contributed by atoms with Crippen molar-refractivity contribution < 1.29 is 14.3 Å². The topological polar surface area (TPSA) is 73.9 Å². The molecule has 1 aromatic rings. The lowest BCUT2D eigenvalue weighted by atomic mass is 10.2. The van der Waals surface area contributed by atoms with Crippen LogP contribution in [0.1, 0.15) is 26.2 Å². The van der Waals surface area contributed by atoms with E-state index in [2.05, 4.69) is 15.5 Å². The molecule has 2 aliphatic heterocycles. The highest BCUT2D eigenvalue weighted by atomic mass is 16.5. The minimum Gasteiger partial charge on any atom is -0.375 e. The van der Waals surface area contributed by atoms with E-state index >= 15 is 0 Å². The minimum atomic E-state index is -0.136. The number of carbonyl (C=O) groups excluding carboxylic acids is 2. The lowest BCUT2D eigenvalue weighted by Crippen LogP contribution is -2.43. The normalized spacial score (nSPS) is 21.3. The van der Waals surface area contributed by atoms with Gasteiger partial charge < -0.3 is 25.2 Å². The maximum atomic E-state index is 12.7. The summed E-state index contributed by atoms with van der Waals surface area (Å²) in [6, 6.07) is 7.06. The van der Waals surface area contributed by atoms with Crippen molar-refractivity contribution in [3.8, 4) is 0 Å². The van der Waals surface area contributed by atoms with Gasteiger partial charge in [-0.3, -0.25) is 4.79 Å². The second-order valence-electron chi connectivity index (χ2n) is 6.99. The van der Waals surface area contributed by atoms with E-state index in [-0.39, 0.29) is 18.0 Å². The maximum Gasteiger partial charge on any atom is 0.321 e. The molecule has 7 nitrogen and oxygen atoms in total. The summed E-state index contributed by atoms with van der Waals surface area (Å²) in [6.07, 6.45) is 3.41. The second kappa shape index (κ2) is 9.00. The fourth-order valence-corrected chi connectivity index (χ4v) is 3.52. The number of nitrogens with one attached hydrogen (secondary N) is 2. The van der Waals surface area contributed by atoms with Crippen molar-refractivity contribution in [2.45, 2.75) is 32.3 Å². The summed E-state index contributed by atoms with van der Waals surface area (Å²) in [5.74, 6) is -0.136. The van der Waals surface area contributed by atoms with E-state index < -0.39 is 0 Å². The van der Waals surface area contributed by atoms with Gasteiger partial charge in [-0.1, -0.05) is 6.07 Å². The van der Waals surface area contributed by atoms with Gasteiger partial charge in [-0.25, -0.2) is 4.79 Å². The average molecular weight is 360 g/mol. The number of benzene rings is 1. The van der Waals surface area contributed by atoms with Crippen LogP contribution in [0.25, 0.3) is 0 Å². The van der Waals surface area contributed by atoms with Gasteiger partial charge in [-0.2, -0.15) is 0 Å². The SMILES string of the molecule is CC(=O)Nc1cccc(NC(=O)N2CCCO[C@H](CN3CCCC3)C2)c1. The molecule has 0 saturated carbocycles. The number of likely N-dealkylation sites (tertiary alicyclic amines) is 1. The number of urea groups is 1. The van der Waals surface area contributed by atoms with E-state index in [1.54, 1.807) is 12.1 Å². The number of rotatable bonds is 4. The van der Waals surface area contributed by atoms with Gasteiger partial charge in [0.25, 0.3) is 0 Å². The first kappa shape index (κ1) is 18.7.